The van der Waals surface area contributed by atoms with Crippen molar-refractivity contribution in [3.8, 4) is 11.4 Å². The molecule has 1 aliphatic rings. The third-order valence-corrected chi connectivity index (χ3v) is 5.97. The highest BCUT2D eigenvalue weighted by Crippen LogP contribution is 2.34. The zero-order valence-corrected chi connectivity index (χ0v) is 16.8. The second kappa shape index (κ2) is 6.75. The summed E-state index contributed by atoms with van der Waals surface area (Å²) >= 11 is 7.10. The van der Waals surface area contributed by atoms with Gasteiger partial charge in [0.2, 0.25) is 10.9 Å². The van der Waals surface area contributed by atoms with Gasteiger partial charge in [-0.05, 0) is 18.2 Å². The Morgan fingerprint density at radius 1 is 1.13 bits per heavy atom. The molecule has 0 saturated heterocycles. The number of rotatable bonds is 3. The number of amides is 2. The van der Waals surface area contributed by atoms with E-state index in [0.29, 0.717) is 32.6 Å². The van der Waals surface area contributed by atoms with E-state index in [1.807, 2.05) is 0 Å². The second-order valence-corrected chi connectivity index (χ2v) is 8.04. The Balaban J connectivity index is 1.72. The number of para-hydroxylation sites is 1. The lowest BCUT2D eigenvalue weighted by Crippen LogP contribution is -2.37. The summed E-state index contributed by atoms with van der Waals surface area (Å²) in [6.07, 6.45) is 0. The van der Waals surface area contributed by atoms with Gasteiger partial charge in [-0.2, -0.15) is 9.50 Å². The fourth-order valence-electron chi connectivity index (χ4n) is 3.45. The molecule has 10 heteroatoms. The molecule has 2 N–H and O–H groups in total. The van der Waals surface area contributed by atoms with Gasteiger partial charge in [0.05, 0.1) is 11.3 Å². The summed E-state index contributed by atoms with van der Waals surface area (Å²) in [5.74, 6) is -0.729. The van der Waals surface area contributed by atoms with E-state index in [1.54, 1.807) is 48.5 Å². The fourth-order valence-corrected chi connectivity index (χ4v) is 4.64. The lowest BCUT2D eigenvalue weighted by Gasteiger charge is -2.14. The lowest BCUT2D eigenvalue weighted by atomic mass is 10.1. The van der Waals surface area contributed by atoms with Crippen molar-refractivity contribution in [3.05, 3.63) is 74.0 Å². The van der Waals surface area contributed by atoms with Crippen molar-refractivity contribution >= 4 is 51.0 Å². The average molecular weight is 438 g/mol. The molecule has 30 heavy (non-hydrogen) atoms. The van der Waals surface area contributed by atoms with Crippen molar-refractivity contribution < 1.29 is 9.59 Å². The molecule has 0 fully saturated rings. The maximum absolute atomic E-state index is 13.1. The molecule has 0 spiro atoms. The highest BCUT2D eigenvalue weighted by molar-refractivity contribution is 7.15. The van der Waals surface area contributed by atoms with Gasteiger partial charge in [-0.1, -0.05) is 53.3 Å². The Bertz CT molecular complexity index is 1480. The first kappa shape index (κ1) is 18.5. The number of nitrogens with zero attached hydrogens (tertiary/aromatic N) is 4. The van der Waals surface area contributed by atoms with Gasteiger partial charge >= 0.3 is 0 Å². The molecule has 5 rings (SSSR count). The van der Waals surface area contributed by atoms with Crippen molar-refractivity contribution in [2.45, 2.75) is 0 Å². The van der Waals surface area contributed by atoms with E-state index >= 15 is 0 Å². The summed E-state index contributed by atoms with van der Waals surface area (Å²) in [6.45, 7) is -0.271. The number of fused-ring (bicyclic) bond motifs is 2. The van der Waals surface area contributed by atoms with E-state index in [-0.39, 0.29) is 16.7 Å². The molecule has 0 atom stereocenters. The van der Waals surface area contributed by atoms with Crippen molar-refractivity contribution in [2.24, 2.45) is 5.73 Å². The van der Waals surface area contributed by atoms with Crippen molar-refractivity contribution in [3.63, 3.8) is 0 Å². The molecule has 2 amide bonds. The van der Waals surface area contributed by atoms with E-state index in [1.165, 1.54) is 9.42 Å². The van der Waals surface area contributed by atoms with Crippen LogP contribution >= 0.6 is 22.9 Å². The van der Waals surface area contributed by atoms with E-state index in [9.17, 15) is 14.4 Å². The first-order valence-electron chi connectivity index (χ1n) is 8.83. The van der Waals surface area contributed by atoms with E-state index in [4.69, 9.17) is 17.3 Å². The monoisotopic (exact) mass is 437 g/mol. The molecule has 4 aromatic rings. The minimum Gasteiger partial charge on any atom is -0.368 e. The molecule has 3 heterocycles. The van der Waals surface area contributed by atoms with Gasteiger partial charge in [0.25, 0.3) is 11.5 Å². The number of carbonyl (C=O) groups is 2. The molecule has 0 radical (unpaired) electrons. The van der Waals surface area contributed by atoms with E-state index in [2.05, 4.69) is 10.1 Å². The highest BCUT2D eigenvalue weighted by atomic mass is 35.5. The van der Waals surface area contributed by atoms with Gasteiger partial charge < -0.3 is 5.73 Å². The number of carbonyl (C=O) groups excluding carboxylic acids is 2. The van der Waals surface area contributed by atoms with Crippen LogP contribution in [0, 0.1) is 0 Å². The Morgan fingerprint density at radius 2 is 1.93 bits per heavy atom. The number of nitrogens with two attached hydrogens (primary N) is 1. The van der Waals surface area contributed by atoms with Crippen LogP contribution in [0.25, 0.3) is 21.9 Å². The number of halogens is 1. The van der Waals surface area contributed by atoms with Crippen molar-refractivity contribution in [1.82, 2.24) is 14.6 Å². The van der Waals surface area contributed by atoms with Crippen LogP contribution in [0.1, 0.15) is 5.56 Å². The zero-order valence-electron chi connectivity index (χ0n) is 15.2. The molecule has 0 saturated carbocycles. The van der Waals surface area contributed by atoms with Crippen LogP contribution in [0.15, 0.2) is 53.3 Å². The number of hydrogen-bond donors (Lipinski definition) is 1. The standard InChI is InChI=1S/C20H12ClN5O3S/c21-11-5-3-4-10(8-11)17-23-20-26(24-17)19(29)16(30-20)15-12-6-1-2-7-13(12)25(18(15)28)9-14(22)27/h1-8H,9H2,(H2,22,27)/b16-15-. The van der Waals surface area contributed by atoms with E-state index < -0.39 is 17.4 Å². The van der Waals surface area contributed by atoms with Gasteiger partial charge in [0.1, 0.15) is 11.1 Å². The molecular weight excluding hydrogens is 426 g/mol. The number of primary amides is 1. The molecule has 2 aromatic heterocycles. The topological polar surface area (TPSA) is 111 Å². The predicted molar refractivity (Wildman–Crippen MR) is 113 cm³/mol. The van der Waals surface area contributed by atoms with Crippen LogP contribution in [0.2, 0.25) is 5.02 Å². The Hall–Kier alpha value is -3.56. The SMILES string of the molecule is NC(=O)CN1C(=O)/C(=c2\sc3nc(-c4cccc(Cl)c4)nn3c2=O)c2ccccc21. The molecular formula is C20H12ClN5O3S. The predicted octanol–water partition coefficient (Wildman–Crippen LogP) is 1.22. The minimum atomic E-state index is -0.643. The molecule has 0 aliphatic carbocycles. The summed E-state index contributed by atoms with van der Waals surface area (Å²) in [5, 5.41) is 4.83. The van der Waals surface area contributed by atoms with Crippen LogP contribution < -0.4 is 20.7 Å². The summed E-state index contributed by atoms with van der Waals surface area (Å²) in [7, 11) is 0. The third kappa shape index (κ3) is 2.78. The quantitative estimate of drug-likeness (QED) is 0.518. The van der Waals surface area contributed by atoms with Crippen LogP contribution in [0.5, 0.6) is 0 Å². The number of anilines is 1. The number of thiazole rings is 1. The number of aromatic nitrogens is 3. The molecule has 0 unspecified atom stereocenters. The Morgan fingerprint density at radius 3 is 2.67 bits per heavy atom. The largest absolute Gasteiger partial charge is 0.368 e. The van der Waals surface area contributed by atoms with Crippen LogP contribution in [-0.2, 0) is 9.59 Å². The van der Waals surface area contributed by atoms with Crippen molar-refractivity contribution in [1.29, 1.82) is 0 Å². The highest BCUT2D eigenvalue weighted by Gasteiger charge is 2.35. The first-order chi connectivity index (χ1) is 14.4. The normalized spacial score (nSPS) is 15.1. The summed E-state index contributed by atoms with van der Waals surface area (Å²) in [5.41, 5.74) is 6.86. The second-order valence-electron chi connectivity index (χ2n) is 6.63. The molecule has 1 aliphatic heterocycles. The Labute approximate surface area is 177 Å². The maximum atomic E-state index is 13.1. The summed E-state index contributed by atoms with van der Waals surface area (Å²) < 4.78 is 1.39. The van der Waals surface area contributed by atoms with Crippen LogP contribution in [-0.4, -0.2) is 33.0 Å². The fraction of sp³-hybridized carbons (Fsp3) is 0.0500. The van der Waals surface area contributed by atoms with Crippen LogP contribution in [0.4, 0.5) is 5.69 Å². The molecule has 2 aromatic carbocycles. The summed E-state index contributed by atoms with van der Waals surface area (Å²) in [6, 6.07) is 14.0. The smallest absolute Gasteiger partial charge is 0.291 e. The van der Waals surface area contributed by atoms with Gasteiger partial charge in [-0.3, -0.25) is 19.3 Å². The van der Waals surface area contributed by atoms with Gasteiger partial charge in [0, 0.05) is 16.1 Å². The minimum absolute atomic E-state index is 0.215. The average Bonchev–Trinajstić information content (AvgIpc) is 3.34. The van der Waals surface area contributed by atoms with Gasteiger partial charge in [-0.15, -0.1) is 5.10 Å². The van der Waals surface area contributed by atoms with Crippen LogP contribution in [0.3, 0.4) is 0 Å². The zero-order chi connectivity index (χ0) is 21.0. The van der Waals surface area contributed by atoms with Gasteiger partial charge in [-0.25, -0.2) is 0 Å². The lowest BCUT2D eigenvalue weighted by molar-refractivity contribution is -0.119. The molecule has 148 valence electrons. The van der Waals surface area contributed by atoms with Crippen molar-refractivity contribution in [2.75, 3.05) is 11.4 Å². The first-order valence-corrected chi connectivity index (χ1v) is 10.0. The molecule has 0 bridgehead atoms. The maximum Gasteiger partial charge on any atom is 0.291 e. The number of benzene rings is 2. The molecule has 8 nitrogen and oxygen atoms in total. The number of hydrogen-bond acceptors (Lipinski definition) is 6. The van der Waals surface area contributed by atoms with Gasteiger partial charge in [0.15, 0.2) is 5.82 Å². The third-order valence-electron chi connectivity index (χ3n) is 4.70. The Kier molecular flexibility index (Phi) is 4.16. The summed E-state index contributed by atoms with van der Waals surface area (Å²) in [4.78, 5) is 43.6. The van der Waals surface area contributed by atoms with E-state index in [0.717, 1.165) is 11.3 Å².